The highest BCUT2D eigenvalue weighted by molar-refractivity contribution is 7.09. The van der Waals surface area contributed by atoms with Gasteiger partial charge in [-0.1, -0.05) is 26.0 Å². The van der Waals surface area contributed by atoms with Gasteiger partial charge in [0.2, 0.25) is 0 Å². The van der Waals surface area contributed by atoms with Gasteiger partial charge in [0.1, 0.15) is 12.4 Å². The summed E-state index contributed by atoms with van der Waals surface area (Å²) >= 11 is 1.69. The number of aryl methyl sites for hydroxylation is 1. The molecule has 0 saturated carbocycles. The van der Waals surface area contributed by atoms with Gasteiger partial charge < -0.3 is 9.84 Å². The van der Waals surface area contributed by atoms with Gasteiger partial charge in [0, 0.05) is 11.3 Å². The standard InChI is InChI=1S/C17H23NO2S/c1-12(2)17-18-15(11-21-17)10-20-16-8-6-14(7-9-16)5-4-13(3)19/h6-9,11-13,19H,4-5,10H2,1-3H3. The molecule has 0 fully saturated rings. The first-order valence-electron chi connectivity index (χ1n) is 7.38. The van der Waals surface area contributed by atoms with E-state index in [0.29, 0.717) is 12.5 Å². The second-order valence-corrected chi connectivity index (χ2v) is 6.54. The Morgan fingerprint density at radius 2 is 1.90 bits per heavy atom. The average molecular weight is 305 g/mol. The number of aromatic nitrogens is 1. The summed E-state index contributed by atoms with van der Waals surface area (Å²) in [5.41, 5.74) is 2.21. The van der Waals surface area contributed by atoms with Gasteiger partial charge in [-0.15, -0.1) is 11.3 Å². The smallest absolute Gasteiger partial charge is 0.131 e. The van der Waals surface area contributed by atoms with E-state index in [1.165, 1.54) is 5.56 Å². The predicted molar refractivity (Wildman–Crippen MR) is 87.0 cm³/mol. The molecule has 0 aliphatic heterocycles. The van der Waals surface area contributed by atoms with Crippen LogP contribution in [-0.4, -0.2) is 16.2 Å². The van der Waals surface area contributed by atoms with E-state index in [4.69, 9.17) is 4.74 Å². The molecular weight excluding hydrogens is 282 g/mol. The van der Waals surface area contributed by atoms with E-state index >= 15 is 0 Å². The van der Waals surface area contributed by atoms with E-state index in [1.807, 2.05) is 19.1 Å². The van der Waals surface area contributed by atoms with Crippen LogP contribution in [0.4, 0.5) is 0 Å². The molecule has 0 aliphatic carbocycles. The summed E-state index contributed by atoms with van der Waals surface area (Å²) in [5, 5.41) is 12.5. The van der Waals surface area contributed by atoms with E-state index in [-0.39, 0.29) is 6.10 Å². The van der Waals surface area contributed by atoms with Crippen molar-refractivity contribution in [2.75, 3.05) is 0 Å². The second-order valence-electron chi connectivity index (χ2n) is 5.65. The number of aliphatic hydroxyl groups excluding tert-OH is 1. The van der Waals surface area contributed by atoms with Gasteiger partial charge in [-0.05, 0) is 37.5 Å². The first-order valence-corrected chi connectivity index (χ1v) is 8.26. The number of hydrogen-bond acceptors (Lipinski definition) is 4. The monoisotopic (exact) mass is 305 g/mol. The molecule has 3 nitrogen and oxygen atoms in total. The Labute approximate surface area is 130 Å². The highest BCUT2D eigenvalue weighted by Gasteiger charge is 2.06. The number of nitrogens with zero attached hydrogens (tertiary/aromatic N) is 1. The molecule has 0 aliphatic rings. The van der Waals surface area contributed by atoms with Crippen LogP contribution < -0.4 is 4.74 Å². The third-order valence-corrected chi connectivity index (χ3v) is 4.42. The molecule has 1 aromatic carbocycles. The van der Waals surface area contributed by atoms with Crippen molar-refractivity contribution in [3.8, 4) is 5.75 Å². The number of ether oxygens (including phenoxy) is 1. The highest BCUT2D eigenvalue weighted by Crippen LogP contribution is 2.21. The van der Waals surface area contributed by atoms with Crippen LogP contribution >= 0.6 is 11.3 Å². The van der Waals surface area contributed by atoms with Crippen LogP contribution in [0.15, 0.2) is 29.6 Å². The average Bonchev–Trinajstić information content (AvgIpc) is 2.93. The molecule has 4 heteroatoms. The van der Waals surface area contributed by atoms with Gasteiger partial charge in [0.05, 0.1) is 16.8 Å². The van der Waals surface area contributed by atoms with Crippen molar-refractivity contribution in [2.24, 2.45) is 0 Å². The summed E-state index contributed by atoms with van der Waals surface area (Å²) in [7, 11) is 0. The van der Waals surface area contributed by atoms with Crippen molar-refractivity contribution in [3.63, 3.8) is 0 Å². The Balaban J connectivity index is 1.85. The van der Waals surface area contributed by atoms with Crippen molar-refractivity contribution in [1.82, 2.24) is 4.98 Å². The molecule has 0 spiro atoms. The van der Waals surface area contributed by atoms with Gasteiger partial charge in [0.15, 0.2) is 0 Å². The molecule has 1 unspecified atom stereocenters. The van der Waals surface area contributed by atoms with Gasteiger partial charge in [0.25, 0.3) is 0 Å². The maximum absolute atomic E-state index is 9.29. The molecule has 0 saturated heterocycles. The molecule has 0 bridgehead atoms. The molecule has 0 radical (unpaired) electrons. The number of benzene rings is 1. The Morgan fingerprint density at radius 1 is 1.19 bits per heavy atom. The van der Waals surface area contributed by atoms with Crippen LogP contribution in [0.2, 0.25) is 0 Å². The predicted octanol–water partition coefficient (Wildman–Crippen LogP) is 4.16. The number of rotatable bonds is 7. The van der Waals surface area contributed by atoms with Gasteiger partial charge >= 0.3 is 0 Å². The zero-order chi connectivity index (χ0) is 15.2. The lowest BCUT2D eigenvalue weighted by atomic mass is 10.1. The maximum atomic E-state index is 9.29. The normalized spacial score (nSPS) is 12.6. The highest BCUT2D eigenvalue weighted by atomic mass is 32.1. The topological polar surface area (TPSA) is 42.4 Å². The third-order valence-electron chi connectivity index (χ3n) is 3.22. The van der Waals surface area contributed by atoms with Crippen molar-refractivity contribution in [2.45, 2.75) is 52.2 Å². The molecule has 1 heterocycles. The van der Waals surface area contributed by atoms with Crippen LogP contribution in [0.25, 0.3) is 0 Å². The molecule has 0 amide bonds. The second kappa shape index (κ2) is 7.57. The van der Waals surface area contributed by atoms with E-state index in [9.17, 15) is 5.11 Å². The Morgan fingerprint density at radius 3 is 2.48 bits per heavy atom. The van der Waals surface area contributed by atoms with Gasteiger partial charge in [-0.3, -0.25) is 0 Å². The fourth-order valence-electron chi connectivity index (χ4n) is 1.94. The minimum absolute atomic E-state index is 0.249. The van der Waals surface area contributed by atoms with Gasteiger partial charge in [-0.25, -0.2) is 4.98 Å². The first-order chi connectivity index (χ1) is 10.0. The minimum Gasteiger partial charge on any atom is -0.487 e. The molecule has 114 valence electrons. The molecule has 1 atom stereocenters. The Bertz CT molecular complexity index is 546. The third kappa shape index (κ3) is 5.14. The summed E-state index contributed by atoms with van der Waals surface area (Å²) in [6.07, 6.45) is 1.43. The summed E-state index contributed by atoms with van der Waals surface area (Å²) in [6, 6.07) is 8.07. The molecule has 2 aromatic rings. The summed E-state index contributed by atoms with van der Waals surface area (Å²) in [5.74, 6) is 1.33. The summed E-state index contributed by atoms with van der Waals surface area (Å²) in [6.45, 7) is 6.62. The molecule has 2 rings (SSSR count). The van der Waals surface area contributed by atoms with Gasteiger partial charge in [-0.2, -0.15) is 0 Å². The lowest BCUT2D eigenvalue weighted by Gasteiger charge is -2.07. The fraction of sp³-hybridized carbons (Fsp3) is 0.471. The minimum atomic E-state index is -0.249. The Kier molecular flexibility index (Phi) is 5.76. The number of thiazole rings is 1. The maximum Gasteiger partial charge on any atom is 0.131 e. The van der Waals surface area contributed by atoms with Crippen molar-refractivity contribution in [1.29, 1.82) is 0 Å². The molecule has 1 N–H and O–H groups in total. The number of aliphatic hydroxyl groups is 1. The van der Waals surface area contributed by atoms with Crippen molar-refractivity contribution >= 4 is 11.3 Å². The summed E-state index contributed by atoms with van der Waals surface area (Å²) in [4.78, 5) is 4.56. The van der Waals surface area contributed by atoms with Crippen LogP contribution in [0.1, 0.15) is 49.4 Å². The van der Waals surface area contributed by atoms with Crippen LogP contribution in [0.5, 0.6) is 5.75 Å². The quantitative estimate of drug-likeness (QED) is 0.835. The van der Waals surface area contributed by atoms with Crippen LogP contribution in [-0.2, 0) is 13.0 Å². The van der Waals surface area contributed by atoms with Crippen molar-refractivity contribution in [3.05, 3.63) is 45.9 Å². The lowest BCUT2D eigenvalue weighted by molar-refractivity contribution is 0.185. The number of hydrogen-bond donors (Lipinski definition) is 1. The molecule has 1 aromatic heterocycles. The molecule has 21 heavy (non-hydrogen) atoms. The Hall–Kier alpha value is -1.39. The summed E-state index contributed by atoms with van der Waals surface area (Å²) < 4.78 is 5.76. The van der Waals surface area contributed by atoms with E-state index in [1.54, 1.807) is 11.3 Å². The fourth-order valence-corrected chi connectivity index (χ4v) is 2.76. The van der Waals surface area contributed by atoms with E-state index < -0.39 is 0 Å². The van der Waals surface area contributed by atoms with Crippen LogP contribution in [0, 0.1) is 0 Å². The first kappa shape index (κ1) is 16.0. The van der Waals surface area contributed by atoms with E-state index in [2.05, 4.69) is 36.3 Å². The molecular formula is C17H23NO2S. The largest absolute Gasteiger partial charge is 0.487 e. The zero-order valence-electron chi connectivity index (χ0n) is 12.9. The SMILES string of the molecule is CC(O)CCc1ccc(OCc2csc(C(C)C)n2)cc1. The zero-order valence-corrected chi connectivity index (χ0v) is 13.7. The lowest BCUT2D eigenvalue weighted by Crippen LogP contribution is -2.01. The van der Waals surface area contributed by atoms with E-state index in [0.717, 1.165) is 29.3 Å². The van der Waals surface area contributed by atoms with Crippen LogP contribution in [0.3, 0.4) is 0 Å². The van der Waals surface area contributed by atoms with Crippen molar-refractivity contribution < 1.29 is 9.84 Å².